The third-order valence-corrected chi connectivity index (χ3v) is 7.10. The van der Waals surface area contributed by atoms with Gasteiger partial charge in [-0.15, -0.1) is 0 Å². The first-order chi connectivity index (χ1) is 14.6. The van der Waals surface area contributed by atoms with Gasteiger partial charge < -0.3 is 14.8 Å². The Morgan fingerprint density at radius 2 is 2.07 bits per heavy atom. The summed E-state index contributed by atoms with van der Waals surface area (Å²) >= 11 is 0. The summed E-state index contributed by atoms with van der Waals surface area (Å²) < 4.78 is 11.5. The molecule has 1 aliphatic heterocycles. The van der Waals surface area contributed by atoms with Crippen molar-refractivity contribution in [2.45, 2.75) is 63.6 Å². The van der Waals surface area contributed by atoms with Crippen LogP contribution in [0, 0.1) is 11.8 Å². The highest BCUT2D eigenvalue weighted by molar-refractivity contribution is 5.86. The average Bonchev–Trinajstić information content (AvgIpc) is 3.34. The van der Waals surface area contributed by atoms with Crippen LogP contribution in [0.5, 0.6) is 0 Å². The van der Waals surface area contributed by atoms with Gasteiger partial charge in [-0.05, 0) is 55.5 Å². The SMILES string of the molecule is CCOC(=O)C12CC1C=C(C1CCCC(N[C@H](C)c3cccc4ccccc34)C1)O2. The summed E-state index contributed by atoms with van der Waals surface area (Å²) in [5.74, 6) is 1.46. The third kappa shape index (κ3) is 3.41. The Hall–Kier alpha value is -2.33. The van der Waals surface area contributed by atoms with E-state index in [1.807, 2.05) is 6.92 Å². The molecule has 1 N–H and O–H groups in total. The molecule has 4 nitrogen and oxygen atoms in total. The smallest absolute Gasteiger partial charge is 0.351 e. The summed E-state index contributed by atoms with van der Waals surface area (Å²) in [7, 11) is 0. The average molecular weight is 406 g/mol. The third-order valence-electron chi connectivity index (χ3n) is 7.10. The number of fused-ring (bicyclic) bond motifs is 2. The number of rotatable bonds is 6. The first kappa shape index (κ1) is 19.6. The van der Waals surface area contributed by atoms with Crippen LogP contribution in [-0.2, 0) is 14.3 Å². The second-order valence-electron chi connectivity index (χ2n) is 9.11. The zero-order chi connectivity index (χ0) is 20.7. The number of hydrogen-bond acceptors (Lipinski definition) is 4. The topological polar surface area (TPSA) is 47.6 Å². The fourth-order valence-corrected chi connectivity index (χ4v) is 5.44. The monoisotopic (exact) mass is 405 g/mol. The van der Waals surface area contributed by atoms with E-state index in [1.54, 1.807) is 0 Å². The molecule has 0 saturated heterocycles. The first-order valence-electron chi connectivity index (χ1n) is 11.4. The van der Waals surface area contributed by atoms with Gasteiger partial charge in [0.1, 0.15) is 0 Å². The molecule has 0 radical (unpaired) electrons. The van der Waals surface area contributed by atoms with Crippen LogP contribution in [0.1, 0.15) is 57.6 Å². The van der Waals surface area contributed by atoms with Crippen molar-refractivity contribution in [1.82, 2.24) is 5.32 Å². The zero-order valence-electron chi connectivity index (χ0n) is 17.9. The number of hydrogen-bond donors (Lipinski definition) is 1. The van der Waals surface area contributed by atoms with E-state index in [0.717, 1.165) is 25.0 Å². The first-order valence-corrected chi connectivity index (χ1v) is 11.4. The largest absolute Gasteiger partial charge is 0.479 e. The van der Waals surface area contributed by atoms with Crippen molar-refractivity contribution in [2.75, 3.05) is 6.61 Å². The molecule has 5 rings (SSSR count). The van der Waals surface area contributed by atoms with Crippen LogP contribution in [0.4, 0.5) is 0 Å². The van der Waals surface area contributed by atoms with E-state index in [-0.39, 0.29) is 17.9 Å². The Labute approximate surface area is 178 Å². The number of carbonyl (C=O) groups is 1. The minimum absolute atomic E-state index is 0.184. The van der Waals surface area contributed by atoms with Crippen molar-refractivity contribution in [3.05, 3.63) is 59.9 Å². The Kier molecular flexibility index (Phi) is 5.06. The molecule has 0 amide bonds. The van der Waals surface area contributed by atoms with Crippen molar-refractivity contribution >= 4 is 16.7 Å². The van der Waals surface area contributed by atoms with Crippen LogP contribution in [-0.4, -0.2) is 24.2 Å². The van der Waals surface area contributed by atoms with Crippen LogP contribution in [0.3, 0.4) is 0 Å². The van der Waals surface area contributed by atoms with Crippen LogP contribution >= 0.6 is 0 Å². The number of ether oxygens (including phenoxy) is 2. The van der Waals surface area contributed by atoms with E-state index in [1.165, 1.54) is 29.2 Å². The van der Waals surface area contributed by atoms with Gasteiger partial charge in [0.05, 0.1) is 12.4 Å². The highest BCUT2D eigenvalue weighted by Crippen LogP contribution is 2.57. The molecular weight excluding hydrogens is 374 g/mol. The molecule has 2 aromatic rings. The molecule has 0 bridgehead atoms. The van der Waals surface area contributed by atoms with Crippen LogP contribution < -0.4 is 5.32 Å². The van der Waals surface area contributed by atoms with Gasteiger partial charge in [-0.25, -0.2) is 4.79 Å². The van der Waals surface area contributed by atoms with Gasteiger partial charge in [-0.2, -0.15) is 0 Å². The van der Waals surface area contributed by atoms with Crippen LogP contribution in [0.25, 0.3) is 10.8 Å². The van der Waals surface area contributed by atoms with E-state index >= 15 is 0 Å². The number of allylic oxidation sites excluding steroid dienone is 1. The second-order valence-corrected chi connectivity index (χ2v) is 9.11. The van der Waals surface area contributed by atoms with Gasteiger partial charge in [0.2, 0.25) is 5.60 Å². The van der Waals surface area contributed by atoms with Crippen molar-refractivity contribution in [1.29, 1.82) is 0 Å². The fourth-order valence-electron chi connectivity index (χ4n) is 5.44. The van der Waals surface area contributed by atoms with Crippen molar-refractivity contribution in [2.24, 2.45) is 11.8 Å². The number of esters is 1. The normalized spacial score (nSPS) is 30.9. The molecule has 0 spiro atoms. The molecule has 1 heterocycles. The Bertz CT molecular complexity index is 978. The van der Waals surface area contributed by atoms with E-state index < -0.39 is 5.60 Å². The number of nitrogens with one attached hydrogen (secondary N) is 1. The Morgan fingerprint density at radius 1 is 1.23 bits per heavy atom. The lowest BCUT2D eigenvalue weighted by atomic mass is 9.83. The predicted molar refractivity (Wildman–Crippen MR) is 118 cm³/mol. The maximum atomic E-state index is 12.3. The lowest BCUT2D eigenvalue weighted by Crippen LogP contribution is -2.37. The van der Waals surface area contributed by atoms with Crippen LogP contribution in [0.2, 0.25) is 0 Å². The molecule has 5 atom stereocenters. The predicted octanol–water partition coefficient (Wildman–Crippen LogP) is 5.29. The summed E-state index contributed by atoms with van der Waals surface area (Å²) in [6.45, 7) is 4.53. The Balaban J connectivity index is 1.24. The maximum absolute atomic E-state index is 12.3. The number of benzene rings is 2. The lowest BCUT2D eigenvalue weighted by Gasteiger charge is -2.33. The minimum Gasteiger partial charge on any atom is -0.479 e. The van der Waals surface area contributed by atoms with Gasteiger partial charge in [0.25, 0.3) is 0 Å². The highest BCUT2D eigenvalue weighted by Gasteiger charge is 2.67. The second kappa shape index (κ2) is 7.73. The number of carbonyl (C=O) groups excluding carboxylic acids is 1. The van der Waals surface area contributed by atoms with E-state index in [4.69, 9.17) is 9.47 Å². The van der Waals surface area contributed by atoms with Gasteiger partial charge in [-0.3, -0.25) is 0 Å². The summed E-state index contributed by atoms with van der Waals surface area (Å²) in [5.41, 5.74) is 0.663. The summed E-state index contributed by atoms with van der Waals surface area (Å²) in [6.07, 6.45) is 7.55. The zero-order valence-corrected chi connectivity index (χ0v) is 17.9. The van der Waals surface area contributed by atoms with E-state index in [9.17, 15) is 4.79 Å². The molecule has 4 unspecified atom stereocenters. The standard InChI is InChI=1S/C26H31NO3/c1-3-29-25(28)26-16-20(26)15-24(30-26)19-10-6-11-21(14-19)27-17(2)22-13-7-9-18-8-4-5-12-23(18)22/h4-5,7-9,12-13,15,17,19-21,27H,3,6,10-11,14,16H2,1-2H3/t17-,19?,20?,21?,26?/m1/s1. The van der Waals surface area contributed by atoms with Crippen LogP contribution in [0.15, 0.2) is 54.3 Å². The fraction of sp³-hybridized carbons (Fsp3) is 0.500. The highest BCUT2D eigenvalue weighted by atomic mass is 16.6. The summed E-state index contributed by atoms with van der Waals surface area (Å²) in [5, 5.41) is 6.50. The maximum Gasteiger partial charge on any atom is 0.351 e. The molecule has 30 heavy (non-hydrogen) atoms. The summed E-state index contributed by atoms with van der Waals surface area (Å²) in [4.78, 5) is 12.3. The molecule has 158 valence electrons. The summed E-state index contributed by atoms with van der Waals surface area (Å²) in [6, 6.07) is 15.9. The van der Waals surface area contributed by atoms with Crippen molar-refractivity contribution in [3.8, 4) is 0 Å². The van der Waals surface area contributed by atoms with Gasteiger partial charge in [0, 0.05) is 30.3 Å². The lowest BCUT2D eigenvalue weighted by molar-refractivity contribution is -0.157. The Morgan fingerprint density at radius 3 is 2.93 bits per heavy atom. The molecule has 2 saturated carbocycles. The molecule has 2 aliphatic carbocycles. The van der Waals surface area contributed by atoms with E-state index in [2.05, 4.69) is 60.8 Å². The molecule has 4 heteroatoms. The minimum atomic E-state index is -0.692. The molecule has 0 aromatic heterocycles. The van der Waals surface area contributed by atoms with E-state index in [0.29, 0.717) is 18.6 Å². The quantitative estimate of drug-likeness (QED) is 0.664. The molecule has 3 aliphatic rings. The molecular formula is C26H31NO3. The van der Waals surface area contributed by atoms with Gasteiger partial charge >= 0.3 is 5.97 Å². The van der Waals surface area contributed by atoms with Crippen molar-refractivity contribution in [3.63, 3.8) is 0 Å². The van der Waals surface area contributed by atoms with Gasteiger partial charge in [-0.1, -0.05) is 48.9 Å². The van der Waals surface area contributed by atoms with Gasteiger partial charge in [0.15, 0.2) is 0 Å². The van der Waals surface area contributed by atoms with Crippen molar-refractivity contribution < 1.29 is 14.3 Å². The molecule has 2 fully saturated rings. The molecule has 2 aromatic carbocycles.